The number of hydrogen-bond acceptors (Lipinski definition) is 8. The number of ether oxygens (including phenoxy) is 1. The lowest BCUT2D eigenvalue weighted by atomic mass is 9.98. The lowest BCUT2D eigenvalue weighted by Gasteiger charge is -2.30. The largest absolute Gasteiger partial charge is 0.397 e. The first-order chi connectivity index (χ1) is 16.5. The highest BCUT2D eigenvalue weighted by atomic mass is 16.5. The van der Waals surface area contributed by atoms with Crippen molar-refractivity contribution in [1.29, 1.82) is 0 Å². The van der Waals surface area contributed by atoms with E-state index in [4.69, 9.17) is 10.5 Å². The number of benzene rings is 1. The zero-order chi connectivity index (χ0) is 24.1. The molecule has 1 aliphatic heterocycles. The van der Waals surface area contributed by atoms with Crippen molar-refractivity contribution in [2.24, 2.45) is 10.8 Å². The van der Waals surface area contributed by atoms with Crippen LogP contribution in [0.4, 0.5) is 5.69 Å². The minimum absolute atomic E-state index is 0.395. The van der Waals surface area contributed by atoms with Gasteiger partial charge in [0.15, 0.2) is 6.29 Å². The van der Waals surface area contributed by atoms with Crippen molar-refractivity contribution in [2.45, 2.75) is 20.0 Å². The summed E-state index contributed by atoms with van der Waals surface area (Å²) in [6.07, 6.45) is 6.24. The normalized spacial score (nSPS) is 14.4. The third kappa shape index (κ3) is 5.11. The number of aldehydes is 1. The van der Waals surface area contributed by atoms with Crippen molar-refractivity contribution in [3.63, 3.8) is 0 Å². The number of hydrazone groups is 1. The molecule has 2 aromatic heterocycles. The molecule has 0 aliphatic carbocycles. The lowest BCUT2D eigenvalue weighted by Crippen LogP contribution is -2.36. The number of imidazole rings is 1. The molecule has 0 amide bonds. The van der Waals surface area contributed by atoms with Gasteiger partial charge in [-0.15, -0.1) is 0 Å². The van der Waals surface area contributed by atoms with E-state index in [0.29, 0.717) is 24.4 Å². The van der Waals surface area contributed by atoms with Crippen LogP contribution in [0.25, 0.3) is 11.3 Å². The molecule has 1 saturated heterocycles. The SMILES string of the molecule is C=NN(/C=C(\N)c1cc(N2CCOCC2)cc(C)c1CNC)Cc1cn2cc(C=O)ccc2n1. The fourth-order valence-electron chi connectivity index (χ4n) is 4.21. The Balaban J connectivity index is 1.63. The second kappa shape index (κ2) is 10.5. The van der Waals surface area contributed by atoms with Crippen LogP contribution in [0.2, 0.25) is 0 Å². The van der Waals surface area contributed by atoms with Crippen molar-refractivity contribution < 1.29 is 9.53 Å². The Bertz CT molecular complexity index is 1210. The molecule has 9 nitrogen and oxygen atoms in total. The van der Waals surface area contributed by atoms with Crippen molar-refractivity contribution in [2.75, 3.05) is 38.3 Å². The van der Waals surface area contributed by atoms with E-state index in [0.717, 1.165) is 60.7 Å². The molecule has 3 N–H and O–H groups in total. The van der Waals surface area contributed by atoms with E-state index in [1.807, 2.05) is 23.7 Å². The number of aryl methyl sites for hydroxylation is 1. The molecule has 0 radical (unpaired) electrons. The molecule has 178 valence electrons. The van der Waals surface area contributed by atoms with Gasteiger partial charge in [-0.25, -0.2) is 4.98 Å². The van der Waals surface area contributed by atoms with Gasteiger partial charge in [0.25, 0.3) is 0 Å². The average Bonchev–Trinajstić information content (AvgIpc) is 3.26. The van der Waals surface area contributed by atoms with Crippen LogP contribution in [0.3, 0.4) is 0 Å². The number of hydrogen-bond donors (Lipinski definition) is 2. The molecule has 1 aliphatic rings. The molecule has 0 bridgehead atoms. The number of carbonyl (C=O) groups is 1. The van der Waals surface area contributed by atoms with Gasteiger partial charge in [0.05, 0.1) is 31.1 Å². The second-order valence-electron chi connectivity index (χ2n) is 8.32. The summed E-state index contributed by atoms with van der Waals surface area (Å²) in [5.41, 5.74) is 13.8. The summed E-state index contributed by atoms with van der Waals surface area (Å²) >= 11 is 0. The van der Waals surface area contributed by atoms with Crippen molar-refractivity contribution in [3.8, 4) is 0 Å². The average molecular weight is 462 g/mol. The Morgan fingerprint density at radius 3 is 2.82 bits per heavy atom. The van der Waals surface area contributed by atoms with E-state index in [1.54, 1.807) is 23.5 Å². The van der Waals surface area contributed by atoms with Crippen molar-refractivity contribution in [1.82, 2.24) is 19.7 Å². The van der Waals surface area contributed by atoms with Crippen molar-refractivity contribution in [3.05, 3.63) is 70.8 Å². The van der Waals surface area contributed by atoms with Crippen LogP contribution in [0, 0.1) is 6.92 Å². The molecule has 0 atom stereocenters. The standard InChI is InChI=1S/C25H31N7O2/c1-18-10-21(30-6-8-34-9-7-30)11-22(23(18)12-27-2)24(26)16-32(28-3)15-20-14-31-13-19(17-33)4-5-25(31)29-20/h4-5,10-11,13-14,16-17,27H,3,6-9,12,15,26H2,1-2H3/b24-16-. The zero-order valence-electron chi connectivity index (χ0n) is 19.7. The van der Waals surface area contributed by atoms with Crippen LogP contribution in [0.15, 0.2) is 48.0 Å². The molecule has 34 heavy (non-hydrogen) atoms. The number of pyridine rings is 1. The van der Waals surface area contributed by atoms with Crippen LogP contribution < -0.4 is 16.0 Å². The van der Waals surface area contributed by atoms with Gasteiger partial charge in [0.1, 0.15) is 5.65 Å². The zero-order valence-corrected chi connectivity index (χ0v) is 19.7. The van der Waals surface area contributed by atoms with Gasteiger partial charge in [-0.05, 0) is 49.4 Å². The van der Waals surface area contributed by atoms with E-state index < -0.39 is 0 Å². The van der Waals surface area contributed by atoms with Gasteiger partial charge in [-0.3, -0.25) is 9.80 Å². The molecule has 0 unspecified atom stereocenters. The summed E-state index contributed by atoms with van der Waals surface area (Å²) in [5, 5.41) is 9.07. The number of carbonyl (C=O) groups excluding carboxylic acids is 1. The Morgan fingerprint density at radius 1 is 1.32 bits per heavy atom. The predicted molar refractivity (Wildman–Crippen MR) is 135 cm³/mol. The second-order valence-corrected chi connectivity index (χ2v) is 8.32. The lowest BCUT2D eigenvalue weighted by molar-refractivity contribution is 0.112. The van der Waals surface area contributed by atoms with Gasteiger partial charge >= 0.3 is 0 Å². The van der Waals surface area contributed by atoms with Crippen LogP contribution in [-0.4, -0.2) is 60.7 Å². The fraction of sp³-hybridized carbons (Fsp3) is 0.320. The molecule has 1 aromatic carbocycles. The summed E-state index contributed by atoms with van der Waals surface area (Å²) in [6.45, 7) is 10.1. The number of anilines is 1. The summed E-state index contributed by atoms with van der Waals surface area (Å²) in [7, 11) is 1.93. The minimum atomic E-state index is 0.395. The number of nitrogens with two attached hydrogens (primary N) is 1. The summed E-state index contributed by atoms with van der Waals surface area (Å²) in [4.78, 5) is 18.0. The monoisotopic (exact) mass is 461 g/mol. The van der Waals surface area contributed by atoms with Gasteiger partial charge in [-0.1, -0.05) is 0 Å². The Hall–Kier alpha value is -3.69. The topological polar surface area (TPSA) is 100 Å². The first-order valence-corrected chi connectivity index (χ1v) is 11.3. The number of nitrogens with zero attached hydrogens (tertiary/aromatic N) is 5. The first-order valence-electron chi connectivity index (χ1n) is 11.3. The smallest absolute Gasteiger partial charge is 0.151 e. The highest BCUT2D eigenvalue weighted by molar-refractivity contribution is 5.75. The molecule has 4 rings (SSSR count). The highest BCUT2D eigenvalue weighted by Crippen LogP contribution is 2.28. The Kier molecular flexibility index (Phi) is 7.24. The molecule has 0 spiro atoms. The number of fused-ring (bicyclic) bond motifs is 1. The van der Waals surface area contributed by atoms with Crippen LogP contribution in [-0.2, 0) is 17.8 Å². The van der Waals surface area contributed by atoms with Crippen LogP contribution in [0.5, 0.6) is 0 Å². The molecule has 9 heteroatoms. The predicted octanol–water partition coefficient (Wildman–Crippen LogP) is 2.39. The molecule has 3 heterocycles. The van der Waals surface area contributed by atoms with Crippen LogP contribution >= 0.6 is 0 Å². The number of rotatable bonds is 9. The molecule has 0 saturated carbocycles. The summed E-state index contributed by atoms with van der Waals surface area (Å²) in [5.74, 6) is 0. The number of morpholine rings is 1. The van der Waals surface area contributed by atoms with E-state index in [9.17, 15) is 4.79 Å². The first kappa shape index (κ1) is 23.5. The van der Waals surface area contributed by atoms with Gasteiger partial charge in [0.2, 0.25) is 0 Å². The summed E-state index contributed by atoms with van der Waals surface area (Å²) in [6, 6.07) is 7.91. The van der Waals surface area contributed by atoms with E-state index in [2.05, 4.69) is 46.1 Å². The molecule has 3 aromatic rings. The van der Waals surface area contributed by atoms with Crippen LogP contribution in [0.1, 0.15) is 32.7 Å². The maximum Gasteiger partial charge on any atom is 0.151 e. The highest BCUT2D eigenvalue weighted by Gasteiger charge is 2.17. The minimum Gasteiger partial charge on any atom is -0.397 e. The van der Waals surface area contributed by atoms with E-state index in [-0.39, 0.29) is 0 Å². The number of aromatic nitrogens is 2. The third-order valence-corrected chi connectivity index (χ3v) is 5.95. The fourth-order valence-corrected chi connectivity index (χ4v) is 4.21. The Labute approximate surface area is 199 Å². The van der Waals surface area contributed by atoms with E-state index >= 15 is 0 Å². The number of nitrogens with one attached hydrogen (secondary N) is 1. The van der Waals surface area contributed by atoms with Gasteiger partial charge < -0.3 is 25.1 Å². The maximum atomic E-state index is 11.1. The molecular weight excluding hydrogens is 430 g/mol. The molecular formula is C25H31N7O2. The maximum absolute atomic E-state index is 11.1. The Morgan fingerprint density at radius 2 is 2.12 bits per heavy atom. The van der Waals surface area contributed by atoms with Gasteiger partial charge in [-0.2, -0.15) is 5.10 Å². The summed E-state index contributed by atoms with van der Waals surface area (Å²) < 4.78 is 7.34. The van der Waals surface area contributed by atoms with Crippen molar-refractivity contribution >= 4 is 30.0 Å². The molecule has 1 fully saturated rings. The third-order valence-electron chi connectivity index (χ3n) is 5.95. The van der Waals surface area contributed by atoms with Gasteiger partial charge in [0, 0.05) is 61.8 Å². The van der Waals surface area contributed by atoms with E-state index in [1.165, 1.54) is 5.56 Å². The quantitative estimate of drug-likeness (QED) is 0.287.